The molecule has 0 unspecified atom stereocenters. The van der Waals surface area contributed by atoms with E-state index in [-0.39, 0.29) is 0 Å². The molecule has 88 valence electrons. The summed E-state index contributed by atoms with van der Waals surface area (Å²) in [6.07, 6.45) is 0. The van der Waals surface area contributed by atoms with Gasteiger partial charge in [0, 0.05) is 18.7 Å². The molecule has 0 aromatic heterocycles. The van der Waals surface area contributed by atoms with E-state index in [0.29, 0.717) is 23.8 Å². The fourth-order valence-corrected chi connectivity index (χ4v) is 1.46. The van der Waals surface area contributed by atoms with Crippen molar-refractivity contribution in [3.8, 4) is 17.2 Å². The number of benzene rings is 1. The highest BCUT2D eigenvalue weighted by Gasteiger charge is 2.14. The molecular weight excluding hydrogens is 206 g/mol. The van der Waals surface area contributed by atoms with Crippen LogP contribution in [0.4, 0.5) is 0 Å². The van der Waals surface area contributed by atoms with E-state index >= 15 is 0 Å². The van der Waals surface area contributed by atoms with E-state index in [4.69, 9.17) is 19.9 Å². The van der Waals surface area contributed by atoms with Gasteiger partial charge in [-0.1, -0.05) is 6.58 Å². The van der Waals surface area contributed by atoms with Gasteiger partial charge < -0.3 is 19.9 Å². The maximum atomic E-state index is 5.58. The predicted molar refractivity (Wildman–Crippen MR) is 64.2 cm³/mol. The Bertz CT molecular complexity index is 363. The molecule has 1 rings (SSSR count). The molecule has 0 radical (unpaired) electrons. The summed E-state index contributed by atoms with van der Waals surface area (Å²) in [6, 6.07) is 3.55. The third-order valence-corrected chi connectivity index (χ3v) is 2.31. The quantitative estimate of drug-likeness (QED) is 0.825. The second kappa shape index (κ2) is 5.42. The third-order valence-electron chi connectivity index (χ3n) is 2.31. The Labute approximate surface area is 95.6 Å². The van der Waals surface area contributed by atoms with Crippen LogP contribution in [0.3, 0.4) is 0 Å². The van der Waals surface area contributed by atoms with Gasteiger partial charge in [0.05, 0.1) is 26.9 Å². The van der Waals surface area contributed by atoms with Gasteiger partial charge in [-0.2, -0.15) is 0 Å². The van der Waals surface area contributed by atoms with Crippen molar-refractivity contribution in [3.05, 3.63) is 24.3 Å². The average molecular weight is 223 g/mol. The molecule has 0 heterocycles. The van der Waals surface area contributed by atoms with Gasteiger partial charge in [-0.15, -0.1) is 0 Å². The molecule has 1 aromatic rings. The van der Waals surface area contributed by atoms with E-state index in [1.54, 1.807) is 33.5 Å². The van der Waals surface area contributed by atoms with Crippen LogP contribution in [-0.2, 0) is 0 Å². The molecule has 1 aromatic carbocycles. The summed E-state index contributed by atoms with van der Waals surface area (Å²) in [4.78, 5) is 0. The van der Waals surface area contributed by atoms with Crippen LogP contribution in [0.2, 0.25) is 0 Å². The Morgan fingerprint density at radius 3 is 1.94 bits per heavy atom. The predicted octanol–water partition coefficient (Wildman–Crippen LogP) is 1.68. The van der Waals surface area contributed by atoms with Crippen LogP contribution in [0, 0.1) is 0 Å². The summed E-state index contributed by atoms with van der Waals surface area (Å²) in [6.45, 7) is 4.24. The second-order valence-electron chi connectivity index (χ2n) is 3.21. The molecule has 0 bridgehead atoms. The summed E-state index contributed by atoms with van der Waals surface area (Å²) in [5, 5.41) is 0. The second-order valence-corrected chi connectivity index (χ2v) is 3.21. The number of methoxy groups -OCH3 is 3. The highest BCUT2D eigenvalue weighted by Crippen LogP contribution is 2.37. The fourth-order valence-electron chi connectivity index (χ4n) is 1.46. The smallest absolute Gasteiger partial charge is 0.133 e. The first kappa shape index (κ1) is 12.4. The largest absolute Gasteiger partial charge is 0.496 e. The van der Waals surface area contributed by atoms with Gasteiger partial charge in [0.25, 0.3) is 0 Å². The highest BCUT2D eigenvalue weighted by molar-refractivity contribution is 5.76. The van der Waals surface area contributed by atoms with Crippen molar-refractivity contribution in [2.75, 3.05) is 27.9 Å². The van der Waals surface area contributed by atoms with E-state index in [1.165, 1.54) is 0 Å². The zero-order valence-electron chi connectivity index (χ0n) is 9.87. The first-order chi connectivity index (χ1) is 7.67. The minimum Gasteiger partial charge on any atom is -0.496 e. The van der Waals surface area contributed by atoms with Crippen molar-refractivity contribution >= 4 is 5.57 Å². The van der Waals surface area contributed by atoms with E-state index in [2.05, 4.69) is 6.58 Å². The Morgan fingerprint density at radius 2 is 1.62 bits per heavy atom. The van der Waals surface area contributed by atoms with Crippen molar-refractivity contribution in [3.63, 3.8) is 0 Å². The van der Waals surface area contributed by atoms with Crippen LogP contribution in [0.1, 0.15) is 5.56 Å². The normalized spacial score (nSPS) is 9.75. The fraction of sp³-hybridized carbons (Fsp3) is 0.333. The first-order valence-electron chi connectivity index (χ1n) is 4.86. The van der Waals surface area contributed by atoms with Gasteiger partial charge >= 0.3 is 0 Å². The summed E-state index contributed by atoms with van der Waals surface area (Å²) >= 11 is 0. The maximum Gasteiger partial charge on any atom is 0.133 e. The zero-order chi connectivity index (χ0) is 12.1. The molecule has 0 aliphatic rings. The SMILES string of the molecule is C=C(CN)c1c(OC)cc(OC)cc1OC. The standard InChI is InChI=1S/C12H17NO3/c1-8(7-13)12-10(15-3)5-9(14-2)6-11(12)16-4/h5-6H,1,7,13H2,2-4H3. The van der Waals surface area contributed by atoms with Crippen LogP contribution < -0.4 is 19.9 Å². The van der Waals surface area contributed by atoms with Gasteiger partial charge in [-0.25, -0.2) is 0 Å². The van der Waals surface area contributed by atoms with E-state index in [9.17, 15) is 0 Å². The Hall–Kier alpha value is -1.68. The number of hydrogen-bond acceptors (Lipinski definition) is 4. The molecule has 0 spiro atoms. The molecular formula is C12H17NO3. The Balaban J connectivity index is 3.37. The van der Waals surface area contributed by atoms with Crippen LogP contribution in [0.25, 0.3) is 5.57 Å². The number of rotatable bonds is 5. The van der Waals surface area contributed by atoms with Gasteiger partial charge in [0.2, 0.25) is 0 Å². The van der Waals surface area contributed by atoms with Crippen molar-refractivity contribution in [1.82, 2.24) is 0 Å². The molecule has 0 saturated heterocycles. The lowest BCUT2D eigenvalue weighted by Gasteiger charge is -2.15. The van der Waals surface area contributed by atoms with E-state index in [0.717, 1.165) is 11.1 Å². The zero-order valence-corrected chi connectivity index (χ0v) is 9.87. The summed E-state index contributed by atoms with van der Waals surface area (Å²) in [5.74, 6) is 1.96. The highest BCUT2D eigenvalue weighted by atomic mass is 16.5. The monoisotopic (exact) mass is 223 g/mol. The van der Waals surface area contributed by atoms with Gasteiger partial charge in [0.1, 0.15) is 17.2 Å². The average Bonchev–Trinajstić information content (AvgIpc) is 2.35. The number of nitrogens with two attached hydrogens (primary N) is 1. The van der Waals surface area contributed by atoms with Crippen molar-refractivity contribution in [2.45, 2.75) is 0 Å². The molecule has 0 saturated carbocycles. The Morgan fingerprint density at radius 1 is 1.12 bits per heavy atom. The first-order valence-corrected chi connectivity index (χ1v) is 4.86. The third kappa shape index (κ3) is 2.28. The van der Waals surface area contributed by atoms with Crippen LogP contribution in [0.5, 0.6) is 17.2 Å². The minimum atomic E-state index is 0.346. The summed E-state index contributed by atoms with van der Waals surface area (Å²) in [5.41, 5.74) is 7.13. The molecule has 2 N–H and O–H groups in total. The molecule has 0 fully saturated rings. The van der Waals surface area contributed by atoms with Crippen molar-refractivity contribution in [1.29, 1.82) is 0 Å². The topological polar surface area (TPSA) is 53.7 Å². The molecule has 0 aliphatic heterocycles. The van der Waals surface area contributed by atoms with Crippen molar-refractivity contribution in [2.24, 2.45) is 5.73 Å². The molecule has 4 heteroatoms. The van der Waals surface area contributed by atoms with Gasteiger partial charge in [0.15, 0.2) is 0 Å². The molecule has 16 heavy (non-hydrogen) atoms. The number of hydrogen-bond donors (Lipinski definition) is 1. The lowest BCUT2D eigenvalue weighted by molar-refractivity contribution is 0.373. The van der Waals surface area contributed by atoms with E-state index in [1.807, 2.05) is 0 Å². The van der Waals surface area contributed by atoms with E-state index < -0.39 is 0 Å². The minimum absolute atomic E-state index is 0.346. The van der Waals surface area contributed by atoms with Crippen LogP contribution >= 0.6 is 0 Å². The van der Waals surface area contributed by atoms with Gasteiger partial charge in [-0.05, 0) is 5.57 Å². The molecule has 0 atom stereocenters. The van der Waals surface area contributed by atoms with Crippen LogP contribution in [-0.4, -0.2) is 27.9 Å². The summed E-state index contributed by atoms with van der Waals surface area (Å²) < 4.78 is 15.7. The molecule has 0 aliphatic carbocycles. The van der Waals surface area contributed by atoms with Crippen molar-refractivity contribution < 1.29 is 14.2 Å². The van der Waals surface area contributed by atoms with Gasteiger partial charge in [-0.3, -0.25) is 0 Å². The maximum absolute atomic E-state index is 5.58. The van der Waals surface area contributed by atoms with Crippen LogP contribution in [0.15, 0.2) is 18.7 Å². The Kier molecular flexibility index (Phi) is 4.19. The molecule has 0 amide bonds. The lowest BCUT2D eigenvalue weighted by Crippen LogP contribution is -2.05. The lowest BCUT2D eigenvalue weighted by atomic mass is 10.0. The number of ether oxygens (including phenoxy) is 3. The molecule has 4 nitrogen and oxygen atoms in total. The summed E-state index contributed by atoms with van der Waals surface area (Å²) in [7, 11) is 4.76.